The molecule has 1 unspecified atom stereocenters. The summed E-state index contributed by atoms with van der Waals surface area (Å²) in [5.74, 6) is 0. The molecule has 1 atom stereocenters. The Balaban J connectivity index is 4.04. The van der Waals surface area contributed by atoms with Crippen LogP contribution in [-0.4, -0.2) is 43.3 Å². The topological polar surface area (TPSA) is 39.1 Å². The summed E-state index contributed by atoms with van der Waals surface area (Å²) in [6.07, 6.45) is -1.37. The van der Waals surface area contributed by atoms with Crippen LogP contribution in [0.2, 0.25) is 0 Å². The van der Waals surface area contributed by atoms with Crippen molar-refractivity contribution in [2.24, 2.45) is 0 Å². The quantitative estimate of drug-likeness (QED) is 0.660. The first-order valence-electron chi connectivity index (χ1n) is 6.65. The van der Waals surface area contributed by atoms with Gasteiger partial charge in [0.2, 0.25) is 0 Å². The molecule has 0 heterocycles. The summed E-state index contributed by atoms with van der Waals surface area (Å²) in [6, 6.07) is 2.17. The van der Waals surface area contributed by atoms with Gasteiger partial charge in [-0.3, -0.25) is 4.90 Å². The van der Waals surface area contributed by atoms with Crippen molar-refractivity contribution < 1.29 is 13.2 Å². The molecule has 0 aliphatic rings. The van der Waals surface area contributed by atoms with Crippen LogP contribution in [0.3, 0.4) is 0 Å². The fraction of sp³-hybridized carbons (Fsp3) is 0.923. The lowest BCUT2D eigenvalue weighted by Gasteiger charge is -2.24. The maximum Gasteiger partial charge on any atom is 0.401 e. The molecule has 0 bridgehead atoms. The van der Waals surface area contributed by atoms with E-state index in [9.17, 15) is 13.2 Å². The predicted molar refractivity (Wildman–Crippen MR) is 69.7 cm³/mol. The molecular weight excluding hydrogens is 255 g/mol. The molecule has 0 radical (unpaired) electrons. The molecule has 0 aromatic rings. The van der Waals surface area contributed by atoms with Crippen LogP contribution in [0.1, 0.15) is 39.5 Å². The Hall–Kier alpha value is -0.800. The van der Waals surface area contributed by atoms with Crippen molar-refractivity contribution in [1.82, 2.24) is 10.2 Å². The first-order valence-corrected chi connectivity index (χ1v) is 6.65. The van der Waals surface area contributed by atoms with E-state index in [1.807, 2.05) is 6.92 Å². The number of unbranched alkanes of at least 4 members (excludes halogenated alkanes) is 1. The highest BCUT2D eigenvalue weighted by Crippen LogP contribution is 2.18. The largest absolute Gasteiger partial charge is 0.401 e. The highest BCUT2D eigenvalue weighted by molar-refractivity contribution is 5.02. The molecule has 0 amide bonds. The number of alkyl halides is 3. The second-order valence-corrected chi connectivity index (χ2v) is 5.04. The second kappa shape index (κ2) is 8.39. The molecule has 0 saturated heterocycles. The Labute approximate surface area is 113 Å². The second-order valence-electron chi connectivity index (χ2n) is 5.04. The van der Waals surface area contributed by atoms with E-state index in [1.54, 1.807) is 14.0 Å². The zero-order chi connectivity index (χ0) is 14.9. The Morgan fingerprint density at radius 1 is 1.21 bits per heavy atom. The molecule has 0 aliphatic carbocycles. The minimum Gasteiger partial charge on any atom is -0.303 e. The lowest BCUT2D eigenvalue weighted by Crippen LogP contribution is -2.38. The lowest BCUT2D eigenvalue weighted by atomic mass is 9.97. The van der Waals surface area contributed by atoms with Gasteiger partial charge in [0.05, 0.1) is 12.6 Å². The van der Waals surface area contributed by atoms with Crippen LogP contribution < -0.4 is 5.32 Å². The van der Waals surface area contributed by atoms with Crippen LogP contribution in [0.15, 0.2) is 0 Å². The average Bonchev–Trinajstić information content (AvgIpc) is 2.32. The van der Waals surface area contributed by atoms with Gasteiger partial charge in [0, 0.05) is 0 Å². The first kappa shape index (κ1) is 18.2. The summed E-state index contributed by atoms with van der Waals surface area (Å²) < 4.78 is 37.0. The summed E-state index contributed by atoms with van der Waals surface area (Å²) >= 11 is 0. The molecule has 1 N–H and O–H groups in total. The summed E-state index contributed by atoms with van der Waals surface area (Å²) in [4.78, 5) is 1.43. The van der Waals surface area contributed by atoms with Crippen LogP contribution in [0.4, 0.5) is 13.2 Å². The Morgan fingerprint density at radius 2 is 1.84 bits per heavy atom. The zero-order valence-electron chi connectivity index (χ0n) is 12.0. The molecule has 0 fully saturated rings. The zero-order valence-corrected chi connectivity index (χ0v) is 12.0. The van der Waals surface area contributed by atoms with Gasteiger partial charge in [-0.1, -0.05) is 6.92 Å². The van der Waals surface area contributed by atoms with E-state index in [4.69, 9.17) is 5.26 Å². The van der Waals surface area contributed by atoms with Gasteiger partial charge in [0.25, 0.3) is 0 Å². The van der Waals surface area contributed by atoms with E-state index in [1.165, 1.54) is 4.90 Å². The molecule has 19 heavy (non-hydrogen) atoms. The van der Waals surface area contributed by atoms with Crippen molar-refractivity contribution in [2.45, 2.75) is 51.2 Å². The van der Waals surface area contributed by atoms with E-state index in [2.05, 4.69) is 11.4 Å². The van der Waals surface area contributed by atoms with Gasteiger partial charge in [-0.05, 0) is 52.7 Å². The van der Waals surface area contributed by atoms with Gasteiger partial charge in [-0.15, -0.1) is 0 Å². The third-order valence-electron chi connectivity index (χ3n) is 3.14. The van der Waals surface area contributed by atoms with Crippen molar-refractivity contribution >= 4 is 0 Å². The Morgan fingerprint density at radius 3 is 2.26 bits per heavy atom. The number of nitrogens with one attached hydrogen (secondary N) is 1. The molecule has 6 heteroatoms. The van der Waals surface area contributed by atoms with Crippen molar-refractivity contribution in [3.8, 4) is 6.07 Å². The molecule has 0 rings (SSSR count). The van der Waals surface area contributed by atoms with Crippen LogP contribution in [0.5, 0.6) is 0 Å². The standard InChI is InChI=1S/C13H24F3N3/c1-4-8-19(11-13(14,15)16)9-6-5-7-12(2,10-17)18-3/h18H,4-9,11H2,1-3H3. The minimum atomic E-state index is -4.14. The molecule has 0 aromatic carbocycles. The molecular formula is C13H24F3N3. The summed E-state index contributed by atoms with van der Waals surface area (Å²) in [7, 11) is 1.72. The van der Waals surface area contributed by atoms with Gasteiger partial charge in [-0.2, -0.15) is 18.4 Å². The fourth-order valence-corrected chi connectivity index (χ4v) is 1.89. The summed E-state index contributed by atoms with van der Waals surface area (Å²) in [6.45, 7) is 3.71. The van der Waals surface area contributed by atoms with Crippen molar-refractivity contribution in [2.75, 3.05) is 26.7 Å². The van der Waals surface area contributed by atoms with Crippen LogP contribution in [0.25, 0.3) is 0 Å². The van der Waals surface area contributed by atoms with E-state index in [0.717, 1.165) is 6.42 Å². The predicted octanol–water partition coefficient (Wildman–Crippen LogP) is 2.93. The maximum atomic E-state index is 12.3. The minimum absolute atomic E-state index is 0.429. The van der Waals surface area contributed by atoms with Crippen molar-refractivity contribution in [1.29, 1.82) is 5.26 Å². The number of nitriles is 1. The first-order chi connectivity index (χ1) is 8.76. The van der Waals surface area contributed by atoms with Crippen molar-refractivity contribution in [3.63, 3.8) is 0 Å². The van der Waals surface area contributed by atoms with Gasteiger partial charge in [0.1, 0.15) is 5.54 Å². The molecule has 3 nitrogen and oxygen atoms in total. The molecule has 112 valence electrons. The number of hydrogen-bond acceptors (Lipinski definition) is 3. The van der Waals surface area contributed by atoms with Gasteiger partial charge >= 0.3 is 6.18 Å². The summed E-state index contributed by atoms with van der Waals surface area (Å²) in [5.41, 5.74) is -0.584. The Bertz CT molecular complexity index is 286. The third-order valence-corrected chi connectivity index (χ3v) is 3.14. The maximum absolute atomic E-state index is 12.3. The smallest absolute Gasteiger partial charge is 0.303 e. The average molecular weight is 279 g/mol. The van der Waals surface area contributed by atoms with Crippen LogP contribution in [-0.2, 0) is 0 Å². The lowest BCUT2D eigenvalue weighted by molar-refractivity contribution is -0.146. The monoisotopic (exact) mass is 279 g/mol. The van der Waals surface area contributed by atoms with Crippen molar-refractivity contribution in [3.05, 3.63) is 0 Å². The molecule has 0 aromatic heterocycles. The van der Waals surface area contributed by atoms with Crippen LogP contribution in [0, 0.1) is 11.3 Å². The van der Waals surface area contributed by atoms with E-state index in [-0.39, 0.29) is 0 Å². The highest BCUT2D eigenvalue weighted by Gasteiger charge is 2.30. The Kier molecular flexibility index (Phi) is 8.03. The number of rotatable bonds is 9. The normalized spacial score (nSPS) is 15.3. The van der Waals surface area contributed by atoms with Gasteiger partial charge in [0.15, 0.2) is 0 Å². The van der Waals surface area contributed by atoms with Gasteiger partial charge in [-0.25, -0.2) is 0 Å². The number of nitrogens with zero attached hydrogens (tertiary/aromatic N) is 2. The number of halogens is 3. The van der Waals surface area contributed by atoms with Gasteiger partial charge < -0.3 is 5.32 Å². The number of hydrogen-bond donors (Lipinski definition) is 1. The SMILES string of the molecule is CCCN(CCCCC(C)(C#N)NC)CC(F)(F)F. The highest BCUT2D eigenvalue weighted by atomic mass is 19.4. The van der Waals surface area contributed by atoms with Crippen LogP contribution >= 0.6 is 0 Å². The molecule has 0 aliphatic heterocycles. The third kappa shape index (κ3) is 8.84. The fourth-order valence-electron chi connectivity index (χ4n) is 1.89. The van der Waals surface area contributed by atoms with E-state index in [0.29, 0.717) is 32.4 Å². The van der Waals surface area contributed by atoms with E-state index < -0.39 is 18.3 Å². The van der Waals surface area contributed by atoms with E-state index >= 15 is 0 Å². The summed E-state index contributed by atoms with van der Waals surface area (Å²) in [5, 5.41) is 11.9. The molecule has 0 spiro atoms. The molecule has 0 saturated carbocycles.